The van der Waals surface area contributed by atoms with Gasteiger partial charge in [0.15, 0.2) is 0 Å². The van der Waals surface area contributed by atoms with Crippen LogP contribution in [0.1, 0.15) is 34.1 Å². The summed E-state index contributed by atoms with van der Waals surface area (Å²) in [5, 5.41) is 9.44. The van der Waals surface area contributed by atoms with Gasteiger partial charge in [-0.25, -0.2) is 0 Å². The number of rotatable bonds is 3. The van der Waals surface area contributed by atoms with E-state index in [1.165, 1.54) is 6.42 Å². The number of aliphatic hydroxyl groups is 1. The second-order valence-corrected chi connectivity index (χ2v) is 6.18. The highest BCUT2D eigenvalue weighted by Crippen LogP contribution is 2.25. The van der Waals surface area contributed by atoms with Gasteiger partial charge in [-0.15, -0.1) is 0 Å². The normalized spacial score (nSPS) is 28.3. The maximum absolute atomic E-state index is 9.44. The first-order valence-corrected chi connectivity index (χ1v) is 6.43. The minimum absolute atomic E-state index is 0.252. The van der Waals surface area contributed by atoms with Crippen LogP contribution in [0.4, 0.5) is 0 Å². The van der Waals surface area contributed by atoms with Crippen LogP contribution >= 0.6 is 0 Å². The number of hydrogen-bond acceptors (Lipinski definition) is 3. The molecule has 1 aliphatic rings. The second kappa shape index (κ2) is 5.48. The van der Waals surface area contributed by atoms with E-state index in [1.54, 1.807) is 0 Å². The Bertz CT molecular complexity index is 216. The number of hydrogen-bond donors (Lipinski definition) is 1. The minimum atomic E-state index is 0.252. The third-order valence-electron chi connectivity index (χ3n) is 3.78. The van der Waals surface area contributed by atoms with Gasteiger partial charge < -0.3 is 5.11 Å². The van der Waals surface area contributed by atoms with Crippen molar-refractivity contribution < 1.29 is 5.11 Å². The summed E-state index contributed by atoms with van der Waals surface area (Å²) in [6.07, 6.45) is 1.17. The van der Waals surface area contributed by atoms with E-state index in [0.717, 1.165) is 19.6 Å². The van der Waals surface area contributed by atoms with Crippen LogP contribution in [0, 0.1) is 5.92 Å². The smallest absolute Gasteiger partial charge is 0.0599 e. The van der Waals surface area contributed by atoms with Gasteiger partial charge in [0.2, 0.25) is 0 Å². The Kier molecular flexibility index (Phi) is 4.77. The fourth-order valence-electron chi connectivity index (χ4n) is 2.39. The van der Waals surface area contributed by atoms with Crippen LogP contribution in [0.2, 0.25) is 0 Å². The Hall–Kier alpha value is -0.120. The van der Waals surface area contributed by atoms with Crippen LogP contribution < -0.4 is 0 Å². The molecule has 0 aromatic rings. The van der Waals surface area contributed by atoms with Gasteiger partial charge in [-0.3, -0.25) is 9.80 Å². The van der Waals surface area contributed by atoms with E-state index < -0.39 is 0 Å². The van der Waals surface area contributed by atoms with Crippen molar-refractivity contribution in [1.82, 2.24) is 9.80 Å². The standard InChI is InChI=1S/C13H28N2O/c1-11(2)8-15-9-12(10-16)14(5)7-6-13(15,3)4/h11-12,16H,6-10H2,1-5H3. The predicted octanol–water partition coefficient (Wildman–Crippen LogP) is 1.42. The lowest BCUT2D eigenvalue weighted by Gasteiger charge is -2.39. The fraction of sp³-hybridized carbons (Fsp3) is 1.00. The SMILES string of the molecule is CC(C)CN1CC(CO)N(C)CCC1(C)C. The zero-order valence-electron chi connectivity index (χ0n) is 11.5. The molecule has 1 N–H and O–H groups in total. The Morgan fingerprint density at radius 3 is 2.50 bits per heavy atom. The summed E-state index contributed by atoms with van der Waals surface area (Å²) in [6, 6.07) is 0.292. The third-order valence-corrected chi connectivity index (χ3v) is 3.78. The molecule has 96 valence electrons. The molecule has 1 heterocycles. The molecule has 0 spiro atoms. The molecule has 0 aromatic carbocycles. The van der Waals surface area contributed by atoms with Crippen molar-refractivity contribution in [3.8, 4) is 0 Å². The molecule has 0 aromatic heterocycles. The quantitative estimate of drug-likeness (QED) is 0.791. The first-order chi connectivity index (χ1) is 7.36. The van der Waals surface area contributed by atoms with Gasteiger partial charge in [0, 0.05) is 31.2 Å². The highest BCUT2D eigenvalue weighted by molar-refractivity contribution is 4.90. The van der Waals surface area contributed by atoms with Gasteiger partial charge in [0.25, 0.3) is 0 Å². The van der Waals surface area contributed by atoms with Crippen LogP contribution in [0.5, 0.6) is 0 Å². The molecular formula is C13H28N2O. The number of likely N-dealkylation sites (N-methyl/N-ethyl adjacent to an activating group) is 1. The molecule has 1 aliphatic heterocycles. The molecule has 16 heavy (non-hydrogen) atoms. The van der Waals surface area contributed by atoms with Crippen molar-refractivity contribution >= 4 is 0 Å². The van der Waals surface area contributed by atoms with Crippen molar-refractivity contribution in [2.24, 2.45) is 5.92 Å². The summed E-state index contributed by atoms with van der Waals surface area (Å²) >= 11 is 0. The molecule has 1 rings (SSSR count). The van der Waals surface area contributed by atoms with Crippen molar-refractivity contribution in [2.45, 2.75) is 45.7 Å². The van der Waals surface area contributed by atoms with E-state index >= 15 is 0 Å². The molecule has 0 radical (unpaired) electrons. The van der Waals surface area contributed by atoms with Crippen LogP contribution in [0.25, 0.3) is 0 Å². The van der Waals surface area contributed by atoms with Crippen molar-refractivity contribution in [3.05, 3.63) is 0 Å². The van der Waals surface area contributed by atoms with Crippen LogP contribution in [-0.2, 0) is 0 Å². The van der Waals surface area contributed by atoms with E-state index in [1.807, 2.05) is 0 Å². The molecular weight excluding hydrogens is 200 g/mol. The average Bonchev–Trinajstić information content (AvgIpc) is 2.28. The fourth-order valence-corrected chi connectivity index (χ4v) is 2.39. The number of nitrogens with zero attached hydrogens (tertiary/aromatic N) is 2. The van der Waals surface area contributed by atoms with Gasteiger partial charge in [-0.2, -0.15) is 0 Å². The molecule has 0 bridgehead atoms. The molecule has 1 saturated heterocycles. The maximum Gasteiger partial charge on any atom is 0.0599 e. The van der Waals surface area contributed by atoms with Crippen LogP contribution in [-0.4, -0.2) is 59.8 Å². The highest BCUT2D eigenvalue weighted by Gasteiger charge is 2.33. The first-order valence-electron chi connectivity index (χ1n) is 6.43. The van der Waals surface area contributed by atoms with Gasteiger partial charge in [-0.05, 0) is 33.2 Å². The third kappa shape index (κ3) is 3.44. The van der Waals surface area contributed by atoms with Crippen molar-refractivity contribution in [3.63, 3.8) is 0 Å². The molecule has 3 nitrogen and oxygen atoms in total. The number of aliphatic hydroxyl groups excluding tert-OH is 1. The summed E-state index contributed by atoms with van der Waals surface area (Å²) in [7, 11) is 2.12. The van der Waals surface area contributed by atoms with E-state index in [0.29, 0.717) is 12.0 Å². The Morgan fingerprint density at radius 2 is 2.00 bits per heavy atom. The van der Waals surface area contributed by atoms with Crippen LogP contribution in [0.15, 0.2) is 0 Å². The Labute approximate surface area is 100 Å². The zero-order chi connectivity index (χ0) is 12.3. The van der Waals surface area contributed by atoms with E-state index in [2.05, 4.69) is 44.5 Å². The van der Waals surface area contributed by atoms with E-state index in [4.69, 9.17) is 0 Å². The lowest BCUT2D eigenvalue weighted by molar-refractivity contribution is 0.0826. The summed E-state index contributed by atoms with van der Waals surface area (Å²) in [5.74, 6) is 0.682. The topological polar surface area (TPSA) is 26.7 Å². The average molecular weight is 228 g/mol. The lowest BCUT2D eigenvalue weighted by atomic mass is 9.97. The second-order valence-electron chi connectivity index (χ2n) is 6.18. The van der Waals surface area contributed by atoms with Crippen molar-refractivity contribution in [1.29, 1.82) is 0 Å². The lowest BCUT2D eigenvalue weighted by Crippen LogP contribution is -2.49. The summed E-state index contributed by atoms with van der Waals surface area (Å²) in [6.45, 7) is 12.6. The van der Waals surface area contributed by atoms with E-state index in [-0.39, 0.29) is 12.1 Å². The van der Waals surface area contributed by atoms with Crippen LogP contribution in [0.3, 0.4) is 0 Å². The maximum atomic E-state index is 9.44. The van der Waals surface area contributed by atoms with Gasteiger partial charge in [0.05, 0.1) is 6.61 Å². The molecule has 3 heteroatoms. The van der Waals surface area contributed by atoms with Crippen molar-refractivity contribution in [2.75, 3.05) is 33.3 Å². The molecule has 1 fully saturated rings. The molecule has 0 amide bonds. The zero-order valence-corrected chi connectivity index (χ0v) is 11.5. The highest BCUT2D eigenvalue weighted by atomic mass is 16.3. The molecule has 0 saturated carbocycles. The summed E-state index contributed by atoms with van der Waals surface area (Å²) in [5.41, 5.74) is 0.252. The molecule has 1 atom stereocenters. The van der Waals surface area contributed by atoms with Gasteiger partial charge >= 0.3 is 0 Å². The summed E-state index contributed by atoms with van der Waals surface area (Å²) < 4.78 is 0. The Balaban J connectivity index is 2.75. The molecule has 0 aliphatic carbocycles. The monoisotopic (exact) mass is 228 g/mol. The largest absolute Gasteiger partial charge is 0.395 e. The first kappa shape index (κ1) is 13.9. The molecule has 1 unspecified atom stereocenters. The minimum Gasteiger partial charge on any atom is -0.395 e. The van der Waals surface area contributed by atoms with Gasteiger partial charge in [-0.1, -0.05) is 13.8 Å². The Morgan fingerprint density at radius 1 is 1.38 bits per heavy atom. The van der Waals surface area contributed by atoms with E-state index in [9.17, 15) is 5.11 Å². The summed E-state index contributed by atoms with van der Waals surface area (Å²) in [4.78, 5) is 4.84. The predicted molar refractivity (Wildman–Crippen MR) is 68.6 cm³/mol. The van der Waals surface area contributed by atoms with Gasteiger partial charge in [0.1, 0.15) is 0 Å².